The van der Waals surface area contributed by atoms with E-state index in [2.05, 4.69) is 50.5 Å². The molecule has 2 saturated carbocycles. The molecule has 0 radical (unpaired) electrons. The summed E-state index contributed by atoms with van der Waals surface area (Å²) >= 11 is 0. The smallest absolute Gasteiger partial charge is 0.0433 e. The summed E-state index contributed by atoms with van der Waals surface area (Å²) in [4.78, 5) is 0. The van der Waals surface area contributed by atoms with E-state index in [9.17, 15) is 0 Å². The van der Waals surface area contributed by atoms with Crippen LogP contribution in [0.15, 0.2) is 43.0 Å². The number of aryl methyl sites for hydroxylation is 1. The molecule has 2 aliphatic carbocycles. The maximum atomic E-state index is 8.01. The van der Waals surface area contributed by atoms with Gasteiger partial charge in [0.2, 0.25) is 0 Å². The minimum atomic E-state index is 0.514. The van der Waals surface area contributed by atoms with E-state index in [1.54, 1.807) is 0 Å². The van der Waals surface area contributed by atoms with Crippen LogP contribution in [0.3, 0.4) is 0 Å². The van der Waals surface area contributed by atoms with Gasteiger partial charge in [0, 0.05) is 17.5 Å². The van der Waals surface area contributed by atoms with E-state index in [0.29, 0.717) is 23.6 Å². The first-order valence-electron chi connectivity index (χ1n) is 11.9. The van der Waals surface area contributed by atoms with Gasteiger partial charge in [0.25, 0.3) is 0 Å². The lowest BCUT2D eigenvalue weighted by Crippen LogP contribution is -2.30. The van der Waals surface area contributed by atoms with Gasteiger partial charge in [-0.1, -0.05) is 63.0 Å². The van der Waals surface area contributed by atoms with Crippen molar-refractivity contribution in [1.82, 2.24) is 5.32 Å². The molecule has 0 amide bonds. The SMILES string of the molecule is C=C(C)C1CCCCC1C(=C)c1ccc(/C(=C/C(C)=N)NC2CCCCC2)cc1C. The Hall–Kier alpha value is -2.09. The molecule has 2 heteroatoms. The average Bonchev–Trinajstić information content (AvgIpc) is 2.73. The number of hydrogen-bond donors (Lipinski definition) is 2. The zero-order valence-electron chi connectivity index (χ0n) is 19.3. The van der Waals surface area contributed by atoms with Gasteiger partial charge in [0.05, 0.1) is 0 Å². The molecule has 3 rings (SSSR count). The lowest BCUT2D eigenvalue weighted by Gasteiger charge is -2.34. The molecule has 2 atom stereocenters. The lowest BCUT2D eigenvalue weighted by atomic mass is 9.71. The standard InChI is InChI=1S/C28H40N2/c1-19(2)25-13-9-10-14-27(25)22(5)26-16-15-23(17-20(26)3)28(18-21(4)29)30-24-11-7-6-8-12-24/h15-18,24-25,27,29-30H,1,5-14H2,2-4H3/b28-18-,29-21?. The van der Waals surface area contributed by atoms with E-state index >= 15 is 0 Å². The number of benzene rings is 1. The van der Waals surface area contributed by atoms with Crippen LogP contribution in [0.25, 0.3) is 11.3 Å². The fourth-order valence-corrected chi connectivity index (χ4v) is 5.42. The molecule has 1 aromatic rings. The van der Waals surface area contributed by atoms with Crippen LogP contribution in [0.2, 0.25) is 0 Å². The van der Waals surface area contributed by atoms with Crippen LogP contribution in [0.4, 0.5) is 0 Å². The molecule has 2 nitrogen and oxygen atoms in total. The second-order valence-electron chi connectivity index (χ2n) is 9.62. The Morgan fingerprint density at radius 2 is 1.60 bits per heavy atom. The maximum Gasteiger partial charge on any atom is 0.0433 e. The third-order valence-electron chi connectivity index (χ3n) is 7.06. The van der Waals surface area contributed by atoms with Crippen LogP contribution in [0.1, 0.15) is 88.3 Å². The molecule has 0 spiro atoms. The summed E-state index contributed by atoms with van der Waals surface area (Å²) in [6.07, 6.45) is 13.5. The lowest BCUT2D eigenvalue weighted by molar-refractivity contribution is 0.333. The van der Waals surface area contributed by atoms with Crippen LogP contribution in [0.5, 0.6) is 0 Å². The topological polar surface area (TPSA) is 35.9 Å². The molecule has 0 bridgehead atoms. The highest BCUT2D eigenvalue weighted by Gasteiger charge is 2.28. The van der Waals surface area contributed by atoms with Crippen molar-refractivity contribution in [2.45, 2.75) is 84.6 Å². The Balaban J connectivity index is 1.84. The number of nitrogens with one attached hydrogen (secondary N) is 2. The van der Waals surface area contributed by atoms with Gasteiger partial charge < -0.3 is 10.7 Å². The number of allylic oxidation sites excluding steroid dienone is 3. The molecular formula is C28H40N2. The minimum Gasteiger partial charge on any atom is -0.382 e. The normalized spacial score (nSPS) is 23.1. The van der Waals surface area contributed by atoms with Crippen molar-refractivity contribution in [1.29, 1.82) is 5.41 Å². The fraction of sp³-hybridized carbons (Fsp3) is 0.536. The highest BCUT2D eigenvalue weighted by molar-refractivity contribution is 5.96. The summed E-state index contributed by atoms with van der Waals surface area (Å²) in [6.45, 7) is 15.1. The van der Waals surface area contributed by atoms with Gasteiger partial charge >= 0.3 is 0 Å². The highest BCUT2D eigenvalue weighted by atomic mass is 14.9. The van der Waals surface area contributed by atoms with E-state index in [4.69, 9.17) is 5.41 Å². The summed E-state index contributed by atoms with van der Waals surface area (Å²) < 4.78 is 0. The van der Waals surface area contributed by atoms with E-state index in [1.165, 1.54) is 85.6 Å². The van der Waals surface area contributed by atoms with Gasteiger partial charge in [-0.25, -0.2) is 0 Å². The first-order chi connectivity index (χ1) is 14.4. The van der Waals surface area contributed by atoms with Crippen molar-refractivity contribution in [3.8, 4) is 0 Å². The van der Waals surface area contributed by atoms with Crippen LogP contribution < -0.4 is 5.32 Å². The van der Waals surface area contributed by atoms with E-state index < -0.39 is 0 Å². The summed E-state index contributed by atoms with van der Waals surface area (Å²) in [7, 11) is 0. The molecule has 0 aliphatic heterocycles. The monoisotopic (exact) mass is 404 g/mol. The van der Waals surface area contributed by atoms with Crippen molar-refractivity contribution in [2.24, 2.45) is 11.8 Å². The summed E-state index contributed by atoms with van der Waals surface area (Å²) in [5.41, 5.74) is 8.02. The van der Waals surface area contributed by atoms with Crippen molar-refractivity contribution >= 4 is 17.0 Å². The average molecular weight is 405 g/mol. The van der Waals surface area contributed by atoms with Gasteiger partial charge in [0.15, 0.2) is 0 Å². The fourth-order valence-electron chi connectivity index (χ4n) is 5.42. The molecule has 2 unspecified atom stereocenters. The molecule has 162 valence electrons. The van der Waals surface area contributed by atoms with Crippen molar-refractivity contribution in [3.05, 3.63) is 59.7 Å². The van der Waals surface area contributed by atoms with Gasteiger partial charge in [-0.3, -0.25) is 0 Å². The van der Waals surface area contributed by atoms with Crippen molar-refractivity contribution in [2.75, 3.05) is 0 Å². The second kappa shape index (κ2) is 10.3. The van der Waals surface area contributed by atoms with E-state index in [0.717, 1.165) is 5.70 Å². The molecular weight excluding hydrogens is 364 g/mol. The Morgan fingerprint density at radius 3 is 2.20 bits per heavy atom. The largest absolute Gasteiger partial charge is 0.382 e. The summed E-state index contributed by atoms with van der Waals surface area (Å²) in [6, 6.07) is 7.28. The minimum absolute atomic E-state index is 0.514. The van der Waals surface area contributed by atoms with Crippen LogP contribution >= 0.6 is 0 Å². The number of rotatable bonds is 7. The third-order valence-corrected chi connectivity index (χ3v) is 7.06. The molecule has 0 aromatic heterocycles. The van der Waals surface area contributed by atoms with Crippen LogP contribution in [0, 0.1) is 24.2 Å². The van der Waals surface area contributed by atoms with E-state index in [1.807, 2.05) is 13.0 Å². The van der Waals surface area contributed by atoms with Crippen LogP contribution in [-0.4, -0.2) is 11.8 Å². The highest BCUT2D eigenvalue weighted by Crippen LogP contribution is 2.42. The third kappa shape index (κ3) is 5.53. The molecule has 2 fully saturated rings. The second-order valence-corrected chi connectivity index (χ2v) is 9.62. The molecule has 1 aromatic carbocycles. The zero-order valence-corrected chi connectivity index (χ0v) is 19.3. The van der Waals surface area contributed by atoms with Crippen molar-refractivity contribution in [3.63, 3.8) is 0 Å². The predicted octanol–water partition coefficient (Wildman–Crippen LogP) is 7.69. The first-order valence-corrected chi connectivity index (χ1v) is 11.9. The molecule has 2 aliphatic rings. The van der Waals surface area contributed by atoms with E-state index in [-0.39, 0.29) is 0 Å². The summed E-state index contributed by atoms with van der Waals surface area (Å²) in [5.74, 6) is 1.08. The zero-order chi connectivity index (χ0) is 21.7. The van der Waals surface area contributed by atoms with Crippen LogP contribution in [-0.2, 0) is 0 Å². The molecule has 30 heavy (non-hydrogen) atoms. The van der Waals surface area contributed by atoms with Gasteiger partial charge in [-0.2, -0.15) is 0 Å². The molecule has 0 heterocycles. The van der Waals surface area contributed by atoms with Gasteiger partial charge in [-0.15, -0.1) is 0 Å². The number of hydrogen-bond acceptors (Lipinski definition) is 2. The predicted molar refractivity (Wildman–Crippen MR) is 132 cm³/mol. The maximum absolute atomic E-state index is 8.01. The summed E-state index contributed by atoms with van der Waals surface area (Å²) in [5, 5.41) is 11.8. The quantitative estimate of drug-likeness (QED) is 0.354. The van der Waals surface area contributed by atoms with Gasteiger partial charge in [0.1, 0.15) is 0 Å². The van der Waals surface area contributed by atoms with Crippen molar-refractivity contribution < 1.29 is 0 Å². The Kier molecular flexibility index (Phi) is 7.75. The Labute approximate surface area is 184 Å². The first kappa shape index (κ1) is 22.6. The Bertz CT molecular complexity index is 823. The Morgan fingerprint density at radius 1 is 0.967 bits per heavy atom. The molecule has 2 N–H and O–H groups in total. The van der Waals surface area contributed by atoms with Gasteiger partial charge in [-0.05, 0) is 92.7 Å². The molecule has 0 saturated heterocycles.